The van der Waals surface area contributed by atoms with E-state index in [1.54, 1.807) is 45.3 Å². The van der Waals surface area contributed by atoms with E-state index in [0.717, 1.165) is 107 Å². The molecular formula is C68H34N4S4. The Balaban J connectivity index is 1.17. The van der Waals surface area contributed by atoms with Crippen LogP contribution in [0.5, 0.6) is 0 Å². The van der Waals surface area contributed by atoms with Crippen molar-refractivity contribution in [3.8, 4) is 39.7 Å². The second-order valence-electron chi connectivity index (χ2n) is 19.6. The van der Waals surface area contributed by atoms with E-state index < -0.39 is 0 Å². The van der Waals surface area contributed by atoms with Crippen molar-refractivity contribution >= 4 is 175 Å². The number of aromatic nitrogens is 2. The number of benzene rings is 11. The minimum atomic E-state index is 0.432. The summed E-state index contributed by atoms with van der Waals surface area (Å²) in [7, 11) is 0. The standard InChI is InChI=1S/C68H34N4S4/c1-70-66-64(43-22-14-30-58-62(43)41-20-6-12-28-56(41)73-58)49(36-69)67(71-50-24-8-2-16-37(50)45-32-47-39-18-4-10-26-54(39)75-60(47)34-52(45)71)65(44-23-15-31-59-63(44)42-21-7-13-29-57(42)74-59)68(66)72-51-25-9-3-17-38(51)46-33-48-40-19-5-11-27-55(40)76-61(48)35-53(46)72/h2-35H. The van der Waals surface area contributed by atoms with Gasteiger partial charge < -0.3 is 9.13 Å². The van der Waals surface area contributed by atoms with Gasteiger partial charge in [0.15, 0.2) is 0 Å². The fraction of sp³-hybridized carbons (Fsp3) is 0. The summed E-state index contributed by atoms with van der Waals surface area (Å²) < 4.78 is 14.2. The van der Waals surface area contributed by atoms with E-state index in [1.165, 1.54) is 45.0 Å². The summed E-state index contributed by atoms with van der Waals surface area (Å²) in [6.45, 7) is 9.78. The molecule has 0 aliphatic heterocycles. The minimum absolute atomic E-state index is 0.432. The van der Waals surface area contributed by atoms with Crippen LogP contribution in [0.25, 0.3) is 163 Å². The zero-order valence-corrected chi connectivity index (χ0v) is 43.3. The SMILES string of the molecule is [C-]#[N+]c1c(-c2cccc3sc4ccccc4c23)c(C#N)c(-n2c3ccccc3c3cc4c(cc32)sc2ccccc24)c(-c2cccc3sc4ccccc4c23)c1-n1c2ccccc2c2cc3c(cc21)sc1ccccc13. The fourth-order valence-corrected chi connectivity index (χ4v) is 17.2. The lowest BCUT2D eigenvalue weighted by Crippen LogP contribution is -2.09. The van der Waals surface area contributed by atoms with E-state index in [1.807, 2.05) is 0 Å². The molecule has 0 N–H and O–H groups in total. The van der Waals surface area contributed by atoms with Gasteiger partial charge in [-0.2, -0.15) is 5.26 Å². The van der Waals surface area contributed by atoms with Crippen LogP contribution in [0.1, 0.15) is 5.56 Å². The molecule has 17 aromatic rings. The predicted octanol–water partition coefficient (Wildman–Crippen LogP) is 21.1. The van der Waals surface area contributed by atoms with Gasteiger partial charge in [-0.05, 0) is 83.9 Å². The smallest absolute Gasteiger partial charge is 0.220 e. The third kappa shape index (κ3) is 5.63. The number of para-hydroxylation sites is 2. The first-order valence-electron chi connectivity index (χ1n) is 25.2. The molecule has 0 saturated carbocycles. The number of thiophene rings is 4. The Hall–Kier alpha value is -9.12. The van der Waals surface area contributed by atoms with E-state index in [9.17, 15) is 11.8 Å². The Kier molecular flexibility index (Phi) is 8.73. The Morgan fingerprint density at radius 2 is 0.737 bits per heavy atom. The van der Waals surface area contributed by atoms with E-state index >= 15 is 0 Å². The molecule has 6 heterocycles. The molecule has 350 valence electrons. The summed E-state index contributed by atoms with van der Waals surface area (Å²) in [6, 6.07) is 77.4. The first kappa shape index (κ1) is 42.3. The molecule has 0 atom stereocenters. The number of hydrogen-bond acceptors (Lipinski definition) is 5. The number of hydrogen-bond donors (Lipinski definition) is 0. The highest BCUT2D eigenvalue weighted by molar-refractivity contribution is 7.27. The second kappa shape index (κ2) is 15.7. The van der Waals surface area contributed by atoms with Crippen molar-refractivity contribution < 1.29 is 0 Å². The largest absolute Gasteiger partial charge is 0.318 e. The maximum Gasteiger partial charge on any atom is 0.220 e. The summed E-state index contributed by atoms with van der Waals surface area (Å²) in [4.78, 5) is 4.80. The van der Waals surface area contributed by atoms with Gasteiger partial charge in [0.2, 0.25) is 5.69 Å². The van der Waals surface area contributed by atoms with Crippen molar-refractivity contribution in [1.29, 1.82) is 5.26 Å². The van der Waals surface area contributed by atoms with Crippen LogP contribution in [-0.2, 0) is 0 Å². The topological polar surface area (TPSA) is 38.0 Å². The highest BCUT2D eigenvalue weighted by atomic mass is 32.1. The van der Waals surface area contributed by atoms with Crippen molar-refractivity contribution in [2.24, 2.45) is 0 Å². The average Bonchev–Trinajstić information content (AvgIpc) is 4.48. The summed E-state index contributed by atoms with van der Waals surface area (Å²) in [6.07, 6.45) is 0. The third-order valence-electron chi connectivity index (χ3n) is 15.8. The van der Waals surface area contributed by atoms with E-state index in [0.29, 0.717) is 16.8 Å². The first-order valence-corrected chi connectivity index (χ1v) is 28.4. The Morgan fingerprint density at radius 3 is 1.22 bits per heavy atom. The normalized spacial score (nSPS) is 12.2. The van der Waals surface area contributed by atoms with Crippen LogP contribution in [0.4, 0.5) is 5.69 Å². The van der Waals surface area contributed by atoms with Crippen LogP contribution in [0.2, 0.25) is 0 Å². The van der Waals surface area contributed by atoms with Gasteiger partial charge >= 0.3 is 0 Å². The lowest BCUT2D eigenvalue weighted by Gasteiger charge is -2.26. The van der Waals surface area contributed by atoms with E-state index in [2.05, 4.69) is 221 Å². The minimum Gasteiger partial charge on any atom is -0.318 e. The average molecular weight is 1040 g/mol. The van der Waals surface area contributed by atoms with Gasteiger partial charge in [0.25, 0.3) is 0 Å². The summed E-state index contributed by atoms with van der Waals surface area (Å²) in [5.74, 6) is 0. The van der Waals surface area contributed by atoms with Crippen LogP contribution in [0, 0.1) is 17.9 Å². The van der Waals surface area contributed by atoms with Crippen molar-refractivity contribution in [1.82, 2.24) is 9.13 Å². The van der Waals surface area contributed by atoms with Crippen LogP contribution in [0.15, 0.2) is 206 Å². The Labute approximate surface area is 449 Å². The summed E-state index contributed by atoms with van der Waals surface area (Å²) in [5, 5.41) is 26.2. The molecule has 0 aliphatic rings. The lowest BCUT2D eigenvalue weighted by atomic mass is 9.86. The monoisotopic (exact) mass is 1030 g/mol. The fourth-order valence-electron chi connectivity index (χ4n) is 12.7. The van der Waals surface area contributed by atoms with Gasteiger partial charge in [-0.1, -0.05) is 133 Å². The van der Waals surface area contributed by atoms with Crippen LogP contribution in [0.3, 0.4) is 0 Å². The molecule has 0 amide bonds. The zero-order valence-electron chi connectivity index (χ0n) is 40.1. The molecular weight excluding hydrogens is 1000 g/mol. The van der Waals surface area contributed by atoms with Gasteiger partial charge in [0.1, 0.15) is 6.07 Å². The molecule has 0 spiro atoms. The summed E-state index contributed by atoms with van der Waals surface area (Å²) >= 11 is 7.14. The van der Waals surface area contributed by atoms with E-state index in [-0.39, 0.29) is 0 Å². The number of rotatable bonds is 4. The Bertz CT molecular complexity index is 5300. The van der Waals surface area contributed by atoms with Gasteiger partial charge in [-0.15, -0.1) is 45.3 Å². The molecule has 11 aromatic carbocycles. The van der Waals surface area contributed by atoms with Crippen LogP contribution < -0.4 is 0 Å². The maximum absolute atomic E-state index is 12.5. The molecule has 0 saturated heterocycles. The highest BCUT2D eigenvalue weighted by Gasteiger charge is 2.34. The zero-order chi connectivity index (χ0) is 49.9. The Morgan fingerprint density at radius 1 is 0.342 bits per heavy atom. The molecule has 0 bridgehead atoms. The summed E-state index contributed by atoms with van der Waals surface area (Å²) in [5.41, 5.74) is 9.66. The number of nitrogens with zero attached hydrogens (tertiary/aromatic N) is 4. The van der Waals surface area contributed by atoms with Crippen LogP contribution in [-0.4, -0.2) is 9.13 Å². The molecule has 0 unspecified atom stereocenters. The molecule has 8 heteroatoms. The molecule has 76 heavy (non-hydrogen) atoms. The molecule has 4 nitrogen and oxygen atoms in total. The molecule has 17 rings (SSSR count). The molecule has 0 radical (unpaired) electrons. The van der Waals surface area contributed by atoms with Crippen molar-refractivity contribution in [3.05, 3.63) is 223 Å². The third-order valence-corrected chi connectivity index (χ3v) is 20.3. The van der Waals surface area contributed by atoms with Crippen molar-refractivity contribution in [3.63, 3.8) is 0 Å². The highest BCUT2D eigenvalue weighted by Crippen LogP contribution is 2.56. The quantitative estimate of drug-likeness (QED) is 0.162. The second-order valence-corrected chi connectivity index (χ2v) is 23.9. The van der Waals surface area contributed by atoms with Gasteiger partial charge in [-0.3, -0.25) is 0 Å². The maximum atomic E-state index is 12.5. The predicted molar refractivity (Wildman–Crippen MR) is 329 cm³/mol. The van der Waals surface area contributed by atoms with E-state index in [4.69, 9.17) is 4.85 Å². The van der Waals surface area contributed by atoms with Gasteiger partial charge in [-0.25, -0.2) is 4.85 Å². The molecule has 0 aliphatic carbocycles. The number of fused-ring (bicyclic) bond motifs is 18. The number of nitriles is 1. The van der Waals surface area contributed by atoms with Crippen molar-refractivity contribution in [2.75, 3.05) is 0 Å². The first-order chi connectivity index (χ1) is 37.6. The lowest BCUT2D eigenvalue weighted by molar-refractivity contribution is 1.14. The van der Waals surface area contributed by atoms with Gasteiger partial charge in [0, 0.05) is 113 Å². The molecule has 6 aromatic heterocycles. The van der Waals surface area contributed by atoms with Crippen molar-refractivity contribution in [2.45, 2.75) is 0 Å². The molecule has 0 fully saturated rings. The van der Waals surface area contributed by atoms with Gasteiger partial charge in [0.05, 0.1) is 45.6 Å². The van der Waals surface area contributed by atoms with Crippen LogP contribution >= 0.6 is 45.3 Å².